The molecule has 1 heterocycles. The highest BCUT2D eigenvalue weighted by molar-refractivity contribution is 5.75. The summed E-state index contributed by atoms with van der Waals surface area (Å²) in [6, 6.07) is 0. The minimum atomic E-state index is 0. The first-order valence-corrected chi connectivity index (χ1v) is 1.93. The second kappa shape index (κ2) is 2.92. The van der Waals surface area contributed by atoms with Gasteiger partial charge in [0, 0.05) is 18.0 Å². The number of rotatable bonds is 1. The molecular formula is C4H7N3O. The largest absolute Gasteiger partial charge is 0.412 e. The average Bonchev–Trinajstić information content (AvgIpc) is 2.14. The van der Waals surface area contributed by atoms with Crippen molar-refractivity contribution in [2.45, 2.75) is 0 Å². The van der Waals surface area contributed by atoms with Crippen LogP contribution in [-0.2, 0) is 0 Å². The van der Waals surface area contributed by atoms with E-state index in [4.69, 9.17) is 5.41 Å². The van der Waals surface area contributed by atoms with E-state index in [-0.39, 0.29) is 5.48 Å². The maximum absolute atomic E-state index is 6.68. The zero-order chi connectivity index (χ0) is 5.11. The Morgan fingerprint density at radius 1 is 1.75 bits per heavy atom. The molecular weight excluding hydrogens is 106 g/mol. The van der Waals surface area contributed by atoms with Crippen LogP contribution in [-0.4, -0.2) is 21.9 Å². The van der Waals surface area contributed by atoms with Crippen LogP contribution in [0.2, 0.25) is 0 Å². The quantitative estimate of drug-likeness (QED) is 0.476. The Kier molecular flexibility index (Phi) is 2.50. The first-order valence-electron chi connectivity index (χ1n) is 1.93. The van der Waals surface area contributed by atoms with Crippen molar-refractivity contribution in [3.63, 3.8) is 0 Å². The van der Waals surface area contributed by atoms with E-state index in [2.05, 4.69) is 10.2 Å². The Morgan fingerprint density at radius 3 is 2.75 bits per heavy atom. The lowest BCUT2D eigenvalue weighted by Crippen LogP contribution is -1.66. The number of H-pyrrole nitrogens is 1. The first kappa shape index (κ1) is 6.84. The van der Waals surface area contributed by atoms with E-state index in [1.165, 1.54) is 6.21 Å². The third kappa shape index (κ3) is 1.16. The van der Waals surface area contributed by atoms with Gasteiger partial charge in [0.05, 0.1) is 6.20 Å². The van der Waals surface area contributed by atoms with Gasteiger partial charge in [-0.15, -0.1) is 0 Å². The van der Waals surface area contributed by atoms with Crippen LogP contribution in [0, 0.1) is 5.41 Å². The first-order chi connectivity index (χ1) is 3.43. The lowest BCUT2D eigenvalue weighted by Gasteiger charge is -1.67. The van der Waals surface area contributed by atoms with E-state index in [0.29, 0.717) is 0 Å². The molecule has 0 atom stereocenters. The molecule has 0 aliphatic carbocycles. The van der Waals surface area contributed by atoms with Gasteiger partial charge < -0.3 is 10.9 Å². The van der Waals surface area contributed by atoms with E-state index in [9.17, 15) is 0 Å². The van der Waals surface area contributed by atoms with Gasteiger partial charge in [0.1, 0.15) is 0 Å². The van der Waals surface area contributed by atoms with Crippen molar-refractivity contribution in [3.8, 4) is 0 Å². The fraction of sp³-hybridized carbons (Fsp3) is 0. The lowest BCUT2D eigenvalue weighted by molar-refractivity contribution is 0.824. The molecule has 0 unspecified atom stereocenters. The van der Waals surface area contributed by atoms with Crippen molar-refractivity contribution < 1.29 is 5.48 Å². The molecule has 0 radical (unpaired) electrons. The Bertz CT molecular complexity index is 146. The maximum atomic E-state index is 6.68. The molecule has 0 amide bonds. The number of aromatic nitrogens is 2. The summed E-state index contributed by atoms with van der Waals surface area (Å²) in [6.07, 6.45) is 4.49. The summed E-state index contributed by atoms with van der Waals surface area (Å²) < 4.78 is 0. The van der Waals surface area contributed by atoms with Crippen molar-refractivity contribution in [3.05, 3.63) is 18.0 Å². The zero-order valence-corrected chi connectivity index (χ0v) is 4.18. The predicted molar refractivity (Wildman–Crippen MR) is 30.1 cm³/mol. The zero-order valence-electron chi connectivity index (χ0n) is 4.18. The highest BCUT2D eigenvalue weighted by Crippen LogP contribution is 1.83. The van der Waals surface area contributed by atoms with Crippen LogP contribution in [0.4, 0.5) is 0 Å². The summed E-state index contributed by atoms with van der Waals surface area (Å²) in [5.41, 5.74) is 0.806. The molecule has 0 aliphatic heterocycles. The molecule has 0 bridgehead atoms. The van der Waals surface area contributed by atoms with Gasteiger partial charge in [0.25, 0.3) is 0 Å². The lowest BCUT2D eigenvalue weighted by atomic mass is 10.4. The third-order valence-electron chi connectivity index (χ3n) is 0.686. The SMILES string of the molecule is N=Cc1cn[nH]c1.O. The van der Waals surface area contributed by atoms with Crippen molar-refractivity contribution in [2.24, 2.45) is 0 Å². The predicted octanol–water partition coefficient (Wildman–Crippen LogP) is -0.417. The molecule has 0 aromatic carbocycles. The molecule has 8 heavy (non-hydrogen) atoms. The topological polar surface area (TPSA) is 84.0 Å². The van der Waals surface area contributed by atoms with Crippen LogP contribution >= 0.6 is 0 Å². The Morgan fingerprint density at radius 2 is 2.50 bits per heavy atom. The molecule has 0 fully saturated rings. The second-order valence-electron chi connectivity index (χ2n) is 1.18. The summed E-state index contributed by atoms with van der Waals surface area (Å²) in [6.45, 7) is 0. The monoisotopic (exact) mass is 113 g/mol. The van der Waals surface area contributed by atoms with Crippen molar-refractivity contribution >= 4 is 6.21 Å². The second-order valence-corrected chi connectivity index (χ2v) is 1.18. The molecule has 4 heteroatoms. The van der Waals surface area contributed by atoms with E-state index in [0.717, 1.165) is 5.56 Å². The average molecular weight is 113 g/mol. The standard InChI is InChI=1S/C4H5N3.H2O/c5-1-4-2-6-7-3-4;/h1-3,5H,(H,6,7);1H2. The number of hydrogen-bond acceptors (Lipinski definition) is 2. The van der Waals surface area contributed by atoms with Crippen LogP contribution in [0.3, 0.4) is 0 Å². The van der Waals surface area contributed by atoms with Crippen molar-refractivity contribution in [2.75, 3.05) is 0 Å². The number of nitrogens with one attached hydrogen (secondary N) is 2. The molecule has 4 nitrogen and oxygen atoms in total. The Hall–Kier alpha value is -1.16. The van der Waals surface area contributed by atoms with Gasteiger partial charge in [0.15, 0.2) is 0 Å². The van der Waals surface area contributed by atoms with Crippen LogP contribution in [0.5, 0.6) is 0 Å². The fourth-order valence-electron chi connectivity index (χ4n) is 0.340. The fourth-order valence-corrected chi connectivity index (χ4v) is 0.340. The van der Waals surface area contributed by atoms with Crippen LogP contribution in [0.15, 0.2) is 12.4 Å². The van der Waals surface area contributed by atoms with Gasteiger partial charge >= 0.3 is 0 Å². The molecule has 1 rings (SSSR count). The van der Waals surface area contributed by atoms with Crippen LogP contribution < -0.4 is 0 Å². The normalized spacial score (nSPS) is 7.50. The van der Waals surface area contributed by atoms with Gasteiger partial charge in [-0.3, -0.25) is 5.10 Å². The number of hydrogen-bond donors (Lipinski definition) is 2. The molecule has 0 saturated heterocycles. The minimum Gasteiger partial charge on any atom is -0.412 e. The molecule has 4 N–H and O–H groups in total. The highest BCUT2D eigenvalue weighted by atomic mass is 16.0. The Labute approximate surface area is 46.4 Å². The molecule has 0 aliphatic rings. The number of nitrogens with zero attached hydrogens (tertiary/aromatic N) is 1. The van der Waals surface area contributed by atoms with Gasteiger partial charge in [-0.05, 0) is 0 Å². The van der Waals surface area contributed by atoms with E-state index >= 15 is 0 Å². The van der Waals surface area contributed by atoms with Crippen molar-refractivity contribution in [1.82, 2.24) is 10.2 Å². The van der Waals surface area contributed by atoms with Crippen LogP contribution in [0.1, 0.15) is 5.56 Å². The summed E-state index contributed by atoms with van der Waals surface area (Å²) >= 11 is 0. The van der Waals surface area contributed by atoms with Gasteiger partial charge in [-0.25, -0.2) is 0 Å². The molecule has 1 aromatic rings. The number of aromatic amines is 1. The van der Waals surface area contributed by atoms with Gasteiger partial charge in [-0.1, -0.05) is 0 Å². The third-order valence-corrected chi connectivity index (χ3v) is 0.686. The smallest absolute Gasteiger partial charge is 0.0575 e. The minimum absolute atomic E-state index is 0. The van der Waals surface area contributed by atoms with E-state index < -0.39 is 0 Å². The molecule has 1 aromatic heterocycles. The van der Waals surface area contributed by atoms with Crippen LogP contribution in [0.25, 0.3) is 0 Å². The summed E-state index contributed by atoms with van der Waals surface area (Å²) in [5, 5.41) is 12.9. The van der Waals surface area contributed by atoms with E-state index in [1.54, 1.807) is 12.4 Å². The Balaban J connectivity index is 0.000000490. The summed E-state index contributed by atoms with van der Waals surface area (Å²) in [4.78, 5) is 0. The van der Waals surface area contributed by atoms with E-state index in [1.807, 2.05) is 0 Å². The maximum Gasteiger partial charge on any atom is 0.0575 e. The molecule has 0 spiro atoms. The van der Waals surface area contributed by atoms with Gasteiger partial charge in [0.2, 0.25) is 0 Å². The van der Waals surface area contributed by atoms with Gasteiger partial charge in [-0.2, -0.15) is 5.10 Å². The summed E-state index contributed by atoms with van der Waals surface area (Å²) in [5.74, 6) is 0. The highest BCUT2D eigenvalue weighted by Gasteiger charge is 1.80. The summed E-state index contributed by atoms with van der Waals surface area (Å²) in [7, 11) is 0. The van der Waals surface area contributed by atoms with Crippen molar-refractivity contribution in [1.29, 1.82) is 5.41 Å². The molecule has 44 valence electrons. The molecule has 0 saturated carbocycles.